The number of carbonyl (C=O) groups excluding carboxylic acids is 3. The average Bonchev–Trinajstić information content (AvgIpc) is 3.48. The fourth-order valence-corrected chi connectivity index (χ4v) is 6.16. The molecule has 0 bridgehead atoms. The van der Waals surface area contributed by atoms with Crippen LogP contribution in [-0.4, -0.2) is 65.3 Å². The number of fused-ring (bicyclic) bond motifs is 2. The van der Waals surface area contributed by atoms with E-state index in [9.17, 15) is 18.8 Å². The molecule has 0 saturated heterocycles. The van der Waals surface area contributed by atoms with Gasteiger partial charge in [-0.1, -0.05) is 0 Å². The number of thiazole rings is 1. The number of benzene rings is 1. The Bertz CT molecular complexity index is 1320. The molecule has 3 aromatic rings. The number of likely N-dealkylation sites (N-methyl/N-ethyl adjacent to an activating group) is 1. The number of rotatable bonds is 5. The van der Waals surface area contributed by atoms with E-state index in [0.717, 1.165) is 30.1 Å². The van der Waals surface area contributed by atoms with E-state index in [0.29, 0.717) is 40.9 Å². The van der Waals surface area contributed by atoms with Gasteiger partial charge in [-0.3, -0.25) is 14.4 Å². The molecule has 0 spiro atoms. The molecule has 1 aromatic carbocycles. The minimum atomic E-state index is -0.442. The molecule has 0 radical (unpaired) electrons. The Morgan fingerprint density at radius 1 is 1.14 bits per heavy atom. The average molecular weight is 513 g/mol. The zero-order valence-electron chi connectivity index (χ0n) is 20.2. The third-order valence-electron chi connectivity index (χ3n) is 7.04. The van der Waals surface area contributed by atoms with Gasteiger partial charge in [0.05, 0.1) is 11.7 Å². The van der Waals surface area contributed by atoms with Crippen LogP contribution in [0.2, 0.25) is 0 Å². The van der Waals surface area contributed by atoms with E-state index in [4.69, 9.17) is 0 Å². The van der Waals surface area contributed by atoms with Gasteiger partial charge in [0.2, 0.25) is 5.91 Å². The number of halogens is 1. The SMILES string of the molecule is CNC(=O)C1CCC(NC(=O)c2cc3cc(F)ccc3[nH]2)C(NC(=O)c2nc3c(s2)CN(C)CC3)C1. The number of H-pyrrole nitrogens is 1. The summed E-state index contributed by atoms with van der Waals surface area (Å²) >= 11 is 1.40. The molecule has 9 nitrogen and oxygen atoms in total. The fourth-order valence-electron chi connectivity index (χ4n) is 5.07. The molecule has 3 unspecified atom stereocenters. The molecular formula is C25H29FN6O3S. The Balaban J connectivity index is 1.33. The van der Waals surface area contributed by atoms with Gasteiger partial charge in [-0.25, -0.2) is 9.37 Å². The molecule has 1 aliphatic carbocycles. The quantitative estimate of drug-likeness (QED) is 0.418. The summed E-state index contributed by atoms with van der Waals surface area (Å²) < 4.78 is 13.6. The van der Waals surface area contributed by atoms with Crippen molar-refractivity contribution in [3.8, 4) is 0 Å². The van der Waals surface area contributed by atoms with Gasteiger partial charge in [-0.05, 0) is 50.6 Å². The van der Waals surface area contributed by atoms with Crippen molar-refractivity contribution >= 4 is 40.0 Å². The number of hydrogen-bond donors (Lipinski definition) is 4. The van der Waals surface area contributed by atoms with Crippen LogP contribution >= 0.6 is 11.3 Å². The first kappa shape index (κ1) is 24.4. The van der Waals surface area contributed by atoms with Crippen LogP contribution in [0.4, 0.5) is 4.39 Å². The lowest BCUT2D eigenvalue weighted by Crippen LogP contribution is -2.55. The standard InChI is InChI=1S/C25H29FN6O3S/c1-27-22(33)13-3-5-17(29-23(34)20-11-14-9-15(26)4-6-16(14)28-20)19(10-13)30-24(35)25-31-18-7-8-32(2)12-21(18)36-25/h4,6,9,11,13,17,19,28H,3,5,7-8,10,12H2,1-2H3,(H,27,33)(H,29,34)(H,30,35). The van der Waals surface area contributed by atoms with Gasteiger partial charge in [0.25, 0.3) is 11.8 Å². The van der Waals surface area contributed by atoms with E-state index in [1.807, 2.05) is 7.05 Å². The Labute approximate surface area is 211 Å². The van der Waals surface area contributed by atoms with Crippen molar-refractivity contribution in [3.63, 3.8) is 0 Å². The maximum Gasteiger partial charge on any atom is 0.280 e. The second-order valence-electron chi connectivity index (χ2n) is 9.58. The molecule has 3 heterocycles. The largest absolute Gasteiger partial charge is 0.359 e. The van der Waals surface area contributed by atoms with Gasteiger partial charge in [-0.2, -0.15) is 0 Å². The van der Waals surface area contributed by atoms with Gasteiger partial charge in [-0.15, -0.1) is 11.3 Å². The first-order chi connectivity index (χ1) is 17.3. The first-order valence-corrected chi connectivity index (χ1v) is 12.9. The van der Waals surface area contributed by atoms with Crippen molar-refractivity contribution in [1.29, 1.82) is 0 Å². The minimum absolute atomic E-state index is 0.0792. The number of aromatic nitrogens is 2. The third kappa shape index (κ3) is 4.98. The summed E-state index contributed by atoms with van der Waals surface area (Å²) in [5.74, 6) is -1.35. The van der Waals surface area contributed by atoms with Gasteiger partial charge < -0.3 is 25.8 Å². The highest BCUT2D eigenvalue weighted by atomic mass is 32.1. The topological polar surface area (TPSA) is 119 Å². The van der Waals surface area contributed by atoms with E-state index in [1.165, 1.54) is 23.5 Å². The second kappa shape index (κ2) is 9.98. The second-order valence-corrected chi connectivity index (χ2v) is 10.7. The summed E-state index contributed by atoms with van der Waals surface area (Å²) in [4.78, 5) is 49.5. The molecule has 190 valence electrons. The molecule has 3 amide bonds. The molecule has 3 atom stereocenters. The number of amides is 3. The predicted octanol–water partition coefficient (Wildman–Crippen LogP) is 2.19. The molecule has 1 fully saturated rings. The monoisotopic (exact) mass is 512 g/mol. The lowest BCUT2D eigenvalue weighted by Gasteiger charge is -2.36. The maximum absolute atomic E-state index is 13.6. The lowest BCUT2D eigenvalue weighted by atomic mass is 9.81. The Kier molecular flexibility index (Phi) is 6.76. The molecule has 2 aromatic heterocycles. The highest BCUT2D eigenvalue weighted by Crippen LogP contribution is 2.28. The Hall–Kier alpha value is -3.31. The molecule has 2 aliphatic rings. The molecule has 5 rings (SSSR count). The van der Waals surface area contributed by atoms with Gasteiger partial charge >= 0.3 is 0 Å². The van der Waals surface area contributed by atoms with Crippen LogP contribution in [0.5, 0.6) is 0 Å². The first-order valence-electron chi connectivity index (χ1n) is 12.1. The fraction of sp³-hybridized carbons (Fsp3) is 0.440. The van der Waals surface area contributed by atoms with E-state index in [2.05, 4.69) is 30.8 Å². The molecule has 1 aliphatic heterocycles. The van der Waals surface area contributed by atoms with Crippen molar-refractivity contribution < 1.29 is 18.8 Å². The number of hydrogen-bond acceptors (Lipinski definition) is 6. The predicted molar refractivity (Wildman–Crippen MR) is 134 cm³/mol. The maximum atomic E-state index is 13.6. The van der Waals surface area contributed by atoms with Crippen LogP contribution in [0, 0.1) is 11.7 Å². The van der Waals surface area contributed by atoms with Crippen LogP contribution in [0.25, 0.3) is 10.9 Å². The number of aromatic amines is 1. The van der Waals surface area contributed by atoms with Crippen molar-refractivity contribution in [2.75, 3.05) is 20.6 Å². The highest BCUT2D eigenvalue weighted by Gasteiger charge is 2.36. The third-order valence-corrected chi connectivity index (χ3v) is 8.13. The van der Waals surface area contributed by atoms with Crippen molar-refractivity contribution in [2.45, 2.75) is 44.3 Å². The van der Waals surface area contributed by atoms with Crippen LogP contribution in [-0.2, 0) is 17.8 Å². The van der Waals surface area contributed by atoms with E-state index < -0.39 is 6.04 Å². The smallest absolute Gasteiger partial charge is 0.280 e. The van der Waals surface area contributed by atoms with Gasteiger partial charge in [0.1, 0.15) is 11.5 Å². The van der Waals surface area contributed by atoms with Crippen LogP contribution in [0.1, 0.15) is 50.1 Å². The van der Waals surface area contributed by atoms with E-state index >= 15 is 0 Å². The summed E-state index contributed by atoms with van der Waals surface area (Å²) in [6.45, 7) is 1.68. The van der Waals surface area contributed by atoms with E-state index in [-0.39, 0.29) is 35.5 Å². The molecular weight excluding hydrogens is 483 g/mol. The van der Waals surface area contributed by atoms with Gasteiger partial charge in [0.15, 0.2) is 5.01 Å². The number of nitrogens with zero attached hydrogens (tertiary/aromatic N) is 2. The zero-order valence-corrected chi connectivity index (χ0v) is 21.0. The summed E-state index contributed by atoms with van der Waals surface area (Å²) in [6, 6.07) is 5.08. The number of carbonyl (C=O) groups is 3. The summed E-state index contributed by atoms with van der Waals surface area (Å²) in [6.07, 6.45) is 2.34. The highest BCUT2D eigenvalue weighted by molar-refractivity contribution is 7.13. The molecule has 36 heavy (non-hydrogen) atoms. The van der Waals surface area contributed by atoms with Gasteiger partial charge in [0, 0.05) is 54.3 Å². The Morgan fingerprint density at radius 3 is 2.75 bits per heavy atom. The number of nitrogens with one attached hydrogen (secondary N) is 4. The molecule has 4 N–H and O–H groups in total. The lowest BCUT2D eigenvalue weighted by molar-refractivity contribution is -0.125. The van der Waals surface area contributed by atoms with Crippen molar-refractivity contribution in [2.24, 2.45) is 5.92 Å². The van der Waals surface area contributed by atoms with Crippen molar-refractivity contribution in [1.82, 2.24) is 30.8 Å². The van der Waals surface area contributed by atoms with Crippen LogP contribution < -0.4 is 16.0 Å². The zero-order chi connectivity index (χ0) is 25.4. The minimum Gasteiger partial charge on any atom is -0.359 e. The summed E-state index contributed by atoms with van der Waals surface area (Å²) in [5, 5.41) is 9.76. The van der Waals surface area contributed by atoms with Crippen molar-refractivity contribution in [3.05, 3.63) is 51.4 Å². The molecule has 1 saturated carbocycles. The van der Waals surface area contributed by atoms with Crippen LogP contribution in [0.15, 0.2) is 24.3 Å². The summed E-state index contributed by atoms with van der Waals surface area (Å²) in [7, 11) is 3.64. The van der Waals surface area contributed by atoms with E-state index in [1.54, 1.807) is 19.2 Å². The molecule has 11 heteroatoms. The Morgan fingerprint density at radius 2 is 1.94 bits per heavy atom. The normalized spacial score (nSPS) is 22.1. The summed E-state index contributed by atoms with van der Waals surface area (Å²) in [5.41, 5.74) is 1.94. The van der Waals surface area contributed by atoms with Crippen LogP contribution in [0.3, 0.4) is 0 Å².